The molecule has 0 saturated heterocycles. The third-order valence-corrected chi connectivity index (χ3v) is 4.68. The Morgan fingerprint density at radius 1 is 1.07 bits per heavy atom. The molecule has 2 aromatic rings. The van der Waals surface area contributed by atoms with Crippen molar-refractivity contribution in [1.82, 2.24) is 0 Å². The van der Waals surface area contributed by atoms with Gasteiger partial charge in [-0.05, 0) is 61.4 Å². The third-order valence-electron chi connectivity index (χ3n) is 4.68. The molecule has 0 saturated carbocycles. The summed E-state index contributed by atoms with van der Waals surface area (Å²) >= 11 is 0. The van der Waals surface area contributed by atoms with Crippen molar-refractivity contribution in [2.75, 3.05) is 16.8 Å². The van der Waals surface area contributed by atoms with Crippen molar-refractivity contribution < 1.29 is 23.9 Å². The quantitative estimate of drug-likeness (QED) is 0.596. The molecule has 29 heavy (non-hydrogen) atoms. The maximum Gasteiger partial charge on any atom is 0.338 e. The first kappa shape index (κ1) is 20.1. The SMILES string of the molecule is CC(=O)N1CCc2cc(C(=O)[C@H](C)OC(=O)c3ccc(NC(N)=O)cc3)ccc21. The summed E-state index contributed by atoms with van der Waals surface area (Å²) in [6, 6.07) is 10.4. The molecule has 1 heterocycles. The molecule has 0 bridgehead atoms. The summed E-state index contributed by atoms with van der Waals surface area (Å²) in [5.41, 5.74) is 7.87. The van der Waals surface area contributed by atoms with Crippen LogP contribution in [0, 0.1) is 0 Å². The summed E-state index contributed by atoms with van der Waals surface area (Å²) in [4.78, 5) is 49.1. The van der Waals surface area contributed by atoms with Gasteiger partial charge in [-0.1, -0.05) is 0 Å². The van der Waals surface area contributed by atoms with Gasteiger partial charge in [0, 0.05) is 30.4 Å². The number of carbonyl (C=O) groups is 4. The minimum absolute atomic E-state index is 0.0397. The van der Waals surface area contributed by atoms with Crippen LogP contribution in [0.1, 0.15) is 40.1 Å². The zero-order chi connectivity index (χ0) is 21.1. The molecule has 0 fully saturated rings. The van der Waals surface area contributed by atoms with E-state index < -0.39 is 18.1 Å². The molecule has 0 unspecified atom stereocenters. The summed E-state index contributed by atoms with van der Waals surface area (Å²) < 4.78 is 5.29. The molecule has 150 valence electrons. The fourth-order valence-electron chi connectivity index (χ4n) is 3.23. The Balaban J connectivity index is 1.67. The third kappa shape index (κ3) is 4.43. The summed E-state index contributed by atoms with van der Waals surface area (Å²) in [6.07, 6.45) is -0.301. The Morgan fingerprint density at radius 2 is 1.72 bits per heavy atom. The van der Waals surface area contributed by atoms with Crippen molar-refractivity contribution in [1.29, 1.82) is 0 Å². The van der Waals surface area contributed by atoms with Crippen LogP contribution in [0.4, 0.5) is 16.2 Å². The summed E-state index contributed by atoms with van der Waals surface area (Å²) in [7, 11) is 0. The molecule has 0 aliphatic carbocycles. The number of carbonyl (C=O) groups excluding carboxylic acids is 4. The van der Waals surface area contributed by atoms with Crippen LogP contribution in [-0.2, 0) is 16.0 Å². The minimum atomic E-state index is -0.978. The number of hydrogen-bond acceptors (Lipinski definition) is 5. The second-order valence-corrected chi connectivity index (χ2v) is 6.74. The van der Waals surface area contributed by atoms with Crippen LogP contribution in [0.3, 0.4) is 0 Å². The van der Waals surface area contributed by atoms with Gasteiger partial charge in [-0.3, -0.25) is 9.59 Å². The van der Waals surface area contributed by atoms with E-state index in [9.17, 15) is 19.2 Å². The molecular formula is C21H21N3O5. The van der Waals surface area contributed by atoms with Gasteiger partial charge < -0.3 is 20.7 Å². The number of rotatable bonds is 5. The number of ketones is 1. The van der Waals surface area contributed by atoms with Crippen LogP contribution in [0.25, 0.3) is 0 Å². The van der Waals surface area contributed by atoms with Crippen LogP contribution in [-0.4, -0.2) is 36.3 Å². The van der Waals surface area contributed by atoms with Crippen LogP contribution >= 0.6 is 0 Å². The monoisotopic (exact) mass is 395 g/mol. The molecule has 3 N–H and O–H groups in total. The average molecular weight is 395 g/mol. The molecule has 1 aliphatic rings. The van der Waals surface area contributed by atoms with E-state index in [4.69, 9.17) is 10.5 Å². The zero-order valence-electron chi connectivity index (χ0n) is 16.1. The van der Waals surface area contributed by atoms with E-state index in [1.165, 1.54) is 38.1 Å². The number of urea groups is 1. The first-order chi connectivity index (χ1) is 13.8. The molecule has 0 radical (unpaired) electrons. The Labute approximate surface area is 167 Å². The van der Waals surface area contributed by atoms with Crippen LogP contribution in [0.15, 0.2) is 42.5 Å². The Morgan fingerprint density at radius 3 is 2.34 bits per heavy atom. The van der Waals surface area contributed by atoms with Crippen LogP contribution in [0.5, 0.6) is 0 Å². The Kier molecular flexibility index (Phi) is 5.63. The number of fused-ring (bicyclic) bond motifs is 1. The van der Waals surface area contributed by atoms with E-state index >= 15 is 0 Å². The number of primary amides is 1. The Hall–Kier alpha value is -3.68. The highest BCUT2D eigenvalue weighted by atomic mass is 16.5. The number of nitrogens with one attached hydrogen (secondary N) is 1. The fraction of sp³-hybridized carbons (Fsp3) is 0.238. The number of anilines is 2. The Bertz CT molecular complexity index is 984. The highest BCUT2D eigenvalue weighted by Crippen LogP contribution is 2.29. The number of nitrogens with two attached hydrogens (primary N) is 1. The standard InChI is InChI=1S/C21H21N3O5/c1-12(29-20(27)14-3-6-17(7-4-14)23-21(22)28)19(26)16-5-8-18-15(11-16)9-10-24(18)13(2)25/h3-8,11-12H,9-10H2,1-2H3,(H3,22,23,28)/t12-/m0/s1. The van der Waals surface area contributed by atoms with E-state index in [1.807, 2.05) is 0 Å². The highest BCUT2D eigenvalue weighted by Gasteiger charge is 2.25. The lowest BCUT2D eigenvalue weighted by atomic mass is 10.0. The lowest BCUT2D eigenvalue weighted by Gasteiger charge is -2.16. The number of amides is 3. The predicted molar refractivity (Wildman–Crippen MR) is 107 cm³/mol. The van der Waals surface area contributed by atoms with E-state index in [0.717, 1.165) is 11.3 Å². The van der Waals surface area contributed by atoms with E-state index in [0.29, 0.717) is 24.2 Å². The largest absolute Gasteiger partial charge is 0.451 e. The van der Waals surface area contributed by atoms with E-state index in [-0.39, 0.29) is 17.3 Å². The molecule has 1 atom stereocenters. The first-order valence-corrected chi connectivity index (χ1v) is 9.09. The fourth-order valence-corrected chi connectivity index (χ4v) is 3.23. The maximum absolute atomic E-state index is 12.7. The minimum Gasteiger partial charge on any atom is -0.451 e. The molecule has 2 aromatic carbocycles. The molecule has 3 rings (SSSR count). The molecule has 0 aromatic heterocycles. The normalized spacial score (nSPS) is 13.4. The lowest BCUT2D eigenvalue weighted by molar-refractivity contribution is -0.116. The number of ether oxygens (including phenoxy) is 1. The number of nitrogens with zero attached hydrogens (tertiary/aromatic N) is 1. The van der Waals surface area contributed by atoms with Crippen molar-refractivity contribution in [3.05, 3.63) is 59.2 Å². The summed E-state index contributed by atoms with van der Waals surface area (Å²) in [5, 5.41) is 2.39. The van der Waals surface area contributed by atoms with Crippen molar-refractivity contribution in [2.45, 2.75) is 26.4 Å². The molecule has 8 heteroatoms. The van der Waals surface area contributed by atoms with Crippen LogP contribution < -0.4 is 16.0 Å². The predicted octanol–water partition coefficient (Wildman–Crippen LogP) is 2.51. The van der Waals surface area contributed by atoms with Crippen molar-refractivity contribution in [2.24, 2.45) is 5.73 Å². The van der Waals surface area contributed by atoms with Gasteiger partial charge in [0.15, 0.2) is 6.10 Å². The van der Waals surface area contributed by atoms with Crippen molar-refractivity contribution in [3.63, 3.8) is 0 Å². The second-order valence-electron chi connectivity index (χ2n) is 6.74. The smallest absolute Gasteiger partial charge is 0.338 e. The maximum atomic E-state index is 12.7. The van der Waals surface area contributed by atoms with E-state index in [2.05, 4.69) is 5.32 Å². The average Bonchev–Trinajstić information content (AvgIpc) is 3.10. The van der Waals surface area contributed by atoms with Gasteiger partial charge in [0.05, 0.1) is 5.56 Å². The van der Waals surface area contributed by atoms with E-state index in [1.54, 1.807) is 23.1 Å². The second kappa shape index (κ2) is 8.14. The number of benzene rings is 2. The highest BCUT2D eigenvalue weighted by molar-refractivity contribution is 6.03. The van der Waals surface area contributed by atoms with Crippen molar-refractivity contribution in [3.8, 4) is 0 Å². The summed E-state index contributed by atoms with van der Waals surface area (Å²) in [6.45, 7) is 3.61. The molecule has 3 amide bonds. The summed E-state index contributed by atoms with van der Waals surface area (Å²) in [5.74, 6) is -1.02. The molecular weight excluding hydrogens is 374 g/mol. The molecule has 1 aliphatic heterocycles. The zero-order valence-corrected chi connectivity index (χ0v) is 16.1. The topological polar surface area (TPSA) is 119 Å². The lowest BCUT2D eigenvalue weighted by Crippen LogP contribution is -2.26. The molecule has 8 nitrogen and oxygen atoms in total. The number of Topliss-reactive ketones (excluding diaryl/α,β-unsaturated/α-hetero) is 1. The molecule has 0 spiro atoms. The van der Waals surface area contributed by atoms with Gasteiger partial charge in [0.2, 0.25) is 11.7 Å². The number of esters is 1. The van der Waals surface area contributed by atoms with Crippen molar-refractivity contribution >= 4 is 35.1 Å². The van der Waals surface area contributed by atoms with Gasteiger partial charge in [0.1, 0.15) is 0 Å². The van der Waals surface area contributed by atoms with Gasteiger partial charge in [-0.2, -0.15) is 0 Å². The van der Waals surface area contributed by atoms with Crippen LogP contribution in [0.2, 0.25) is 0 Å². The van der Waals surface area contributed by atoms with Gasteiger partial charge in [-0.25, -0.2) is 9.59 Å². The first-order valence-electron chi connectivity index (χ1n) is 9.09. The number of hydrogen-bond donors (Lipinski definition) is 2. The van der Waals surface area contributed by atoms with Gasteiger partial charge >= 0.3 is 12.0 Å². The van der Waals surface area contributed by atoms with Gasteiger partial charge in [-0.15, -0.1) is 0 Å². The van der Waals surface area contributed by atoms with Gasteiger partial charge in [0.25, 0.3) is 0 Å².